The molecule has 0 bridgehead atoms. The van der Waals surface area contributed by atoms with E-state index in [0.717, 1.165) is 28.8 Å². The van der Waals surface area contributed by atoms with Crippen molar-refractivity contribution in [2.75, 3.05) is 11.9 Å². The first-order valence-corrected chi connectivity index (χ1v) is 11.1. The monoisotopic (exact) mass is 483 g/mol. The van der Waals surface area contributed by atoms with Crippen LogP contribution < -0.4 is 10.1 Å². The summed E-state index contributed by atoms with van der Waals surface area (Å²) < 4.78 is 10.8. The zero-order chi connectivity index (χ0) is 23.6. The molecule has 0 spiro atoms. The Labute approximate surface area is 202 Å². The molecule has 3 aromatic carbocycles. The lowest BCUT2D eigenvalue weighted by molar-refractivity contribution is -0.142. The van der Waals surface area contributed by atoms with Crippen LogP contribution in [0.5, 0.6) is 5.75 Å². The molecule has 0 heterocycles. The highest BCUT2D eigenvalue weighted by atomic mass is 35.5. The van der Waals surface area contributed by atoms with E-state index in [1.54, 1.807) is 48.5 Å². The van der Waals surface area contributed by atoms with Crippen molar-refractivity contribution < 1.29 is 19.1 Å². The first-order chi connectivity index (χ1) is 16.0. The third kappa shape index (κ3) is 7.38. The van der Waals surface area contributed by atoms with E-state index in [1.807, 2.05) is 31.2 Å². The number of rotatable bonds is 9. The van der Waals surface area contributed by atoms with Crippen LogP contribution in [0, 0.1) is 0 Å². The Morgan fingerprint density at radius 3 is 2.33 bits per heavy atom. The second-order valence-corrected chi connectivity index (χ2v) is 7.87. The molecule has 0 unspecified atom stereocenters. The number of halogens is 2. The predicted octanol–water partition coefficient (Wildman–Crippen LogP) is 6.33. The topological polar surface area (TPSA) is 64.6 Å². The predicted molar refractivity (Wildman–Crippen MR) is 132 cm³/mol. The number of hydrogen-bond donors (Lipinski definition) is 1. The largest absolute Gasteiger partial charge is 0.489 e. The number of esters is 1. The van der Waals surface area contributed by atoms with Gasteiger partial charge in [0.25, 0.3) is 5.91 Å². The third-order valence-electron chi connectivity index (χ3n) is 4.75. The number of carbonyl (C=O) groups excluding carboxylic acids is 2. The minimum absolute atomic E-state index is 0.241. The van der Waals surface area contributed by atoms with E-state index in [-0.39, 0.29) is 13.2 Å². The summed E-state index contributed by atoms with van der Waals surface area (Å²) in [5, 5.41) is 3.85. The van der Waals surface area contributed by atoms with Gasteiger partial charge < -0.3 is 14.8 Å². The zero-order valence-electron chi connectivity index (χ0n) is 18.0. The Kier molecular flexibility index (Phi) is 8.93. The number of anilines is 1. The molecule has 0 atom stereocenters. The van der Waals surface area contributed by atoms with E-state index in [0.29, 0.717) is 15.8 Å². The fourth-order valence-corrected chi connectivity index (χ4v) is 3.49. The molecule has 0 aliphatic rings. The number of ether oxygens (including phenoxy) is 2. The maximum atomic E-state index is 12.1. The standard InChI is InChI=1S/C26H23Cl2NO4/c1-2-19-6-3-4-9-24(19)29-25(30)17-33-26(31)15-12-18-10-13-20(14-11-18)32-16-21-22(27)7-5-8-23(21)28/h3-15H,2,16-17H2,1H3,(H,29,30)/b15-12+. The average molecular weight is 484 g/mol. The summed E-state index contributed by atoms with van der Waals surface area (Å²) in [6.45, 7) is 1.88. The van der Waals surface area contributed by atoms with E-state index in [4.69, 9.17) is 32.7 Å². The van der Waals surface area contributed by atoms with Crippen molar-refractivity contribution in [3.63, 3.8) is 0 Å². The van der Waals surface area contributed by atoms with E-state index in [1.165, 1.54) is 6.08 Å². The van der Waals surface area contributed by atoms with Crippen molar-refractivity contribution in [1.82, 2.24) is 0 Å². The number of para-hydroxylation sites is 1. The van der Waals surface area contributed by atoms with Gasteiger partial charge in [-0.1, -0.05) is 66.5 Å². The molecule has 0 aliphatic heterocycles. The SMILES string of the molecule is CCc1ccccc1NC(=O)COC(=O)/C=C/c1ccc(OCc2c(Cl)cccc2Cl)cc1. The first-order valence-electron chi connectivity index (χ1n) is 10.3. The fraction of sp³-hybridized carbons (Fsp3) is 0.154. The van der Waals surface area contributed by atoms with Gasteiger partial charge in [-0.05, 0) is 54.0 Å². The van der Waals surface area contributed by atoms with Crippen molar-refractivity contribution in [2.45, 2.75) is 20.0 Å². The number of carbonyl (C=O) groups is 2. The molecule has 0 aliphatic carbocycles. The minimum atomic E-state index is -0.609. The summed E-state index contributed by atoms with van der Waals surface area (Å²) in [7, 11) is 0. The van der Waals surface area contributed by atoms with E-state index >= 15 is 0 Å². The average Bonchev–Trinajstić information content (AvgIpc) is 2.82. The molecular weight excluding hydrogens is 461 g/mol. The lowest BCUT2D eigenvalue weighted by atomic mass is 10.1. The van der Waals surface area contributed by atoms with Crippen LogP contribution in [0.3, 0.4) is 0 Å². The van der Waals surface area contributed by atoms with Crippen LogP contribution in [0.15, 0.2) is 72.8 Å². The normalized spacial score (nSPS) is 10.8. The second kappa shape index (κ2) is 12.1. The number of hydrogen-bond acceptors (Lipinski definition) is 4. The van der Waals surface area contributed by atoms with Crippen LogP contribution >= 0.6 is 23.2 Å². The van der Waals surface area contributed by atoms with Crippen LogP contribution in [0.2, 0.25) is 10.0 Å². The first kappa shape index (κ1) is 24.4. The van der Waals surface area contributed by atoms with E-state index in [9.17, 15) is 9.59 Å². The summed E-state index contributed by atoms with van der Waals surface area (Å²) in [4.78, 5) is 24.0. The maximum absolute atomic E-state index is 12.1. The summed E-state index contributed by atoms with van der Waals surface area (Å²) in [6, 6.07) is 19.9. The quantitative estimate of drug-likeness (QED) is 0.285. The highest BCUT2D eigenvalue weighted by Crippen LogP contribution is 2.26. The molecule has 0 saturated carbocycles. The third-order valence-corrected chi connectivity index (χ3v) is 5.46. The molecule has 3 aromatic rings. The van der Waals surface area contributed by atoms with Gasteiger partial charge in [-0.25, -0.2) is 4.79 Å². The molecule has 0 fully saturated rings. The Morgan fingerprint density at radius 2 is 1.64 bits per heavy atom. The number of nitrogens with one attached hydrogen (secondary N) is 1. The lowest BCUT2D eigenvalue weighted by Crippen LogP contribution is -2.20. The van der Waals surface area contributed by atoms with E-state index < -0.39 is 11.9 Å². The molecule has 0 radical (unpaired) electrons. The molecule has 7 heteroatoms. The van der Waals surface area contributed by atoms with Gasteiger partial charge in [0.1, 0.15) is 12.4 Å². The zero-order valence-corrected chi connectivity index (χ0v) is 19.5. The van der Waals surface area contributed by atoms with Crippen LogP contribution in [0.1, 0.15) is 23.6 Å². The van der Waals surface area contributed by atoms with Gasteiger partial charge in [0.05, 0.1) is 0 Å². The molecule has 1 N–H and O–H groups in total. The fourth-order valence-electron chi connectivity index (χ4n) is 2.99. The van der Waals surface area contributed by atoms with E-state index in [2.05, 4.69) is 5.32 Å². The number of amides is 1. The number of benzene rings is 3. The Balaban J connectivity index is 1.46. The summed E-state index contributed by atoms with van der Waals surface area (Å²) in [5.74, 6) is -0.366. The molecule has 33 heavy (non-hydrogen) atoms. The van der Waals surface area contributed by atoms with Crippen molar-refractivity contribution in [2.24, 2.45) is 0 Å². The molecule has 5 nitrogen and oxygen atoms in total. The second-order valence-electron chi connectivity index (χ2n) is 7.06. The van der Waals surface area contributed by atoms with Gasteiger partial charge in [0.2, 0.25) is 0 Å². The van der Waals surface area contributed by atoms with Crippen molar-refractivity contribution >= 4 is 46.8 Å². The highest BCUT2D eigenvalue weighted by molar-refractivity contribution is 6.35. The van der Waals surface area contributed by atoms with Gasteiger partial charge in [-0.2, -0.15) is 0 Å². The van der Waals surface area contributed by atoms with Crippen molar-refractivity contribution in [3.05, 3.63) is 99.5 Å². The van der Waals surface area contributed by atoms with Crippen LogP contribution in [0.4, 0.5) is 5.69 Å². The van der Waals surface area contributed by atoms with Gasteiger partial charge in [-0.3, -0.25) is 4.79 Å². The van der Waals surface area contributed by atoms with Gasteiger partial charge >= 0.3 is 5.97 Å². The van der Waals surface area contributed by atoms with Crippen LogP contribution in [-0.2, 0) is 27.4 Å². The molecular formula is C26H23Cl2NO4. The van der Waals surface area contributed by atoms with Crippen molar-refractivity contribution in [1.29, 1.82) is 0 Å². The molecule has 0 aromatic heterocycles. The Morgan fingerprint density at radius 1 is 0.939 bits per heavy atom. The smallest absolute Gasteiger partial charge is 0.331 e. The van der Waals surface area contributed by atoms with Gasteiger partial charge in [-0.15, -0.1) is 0 Å². The Bertz CT molecular complexity index is 1120. The number of aryl methyl sites for hydroxylation is 1. The molecule has 0 saturated heterocycles. The summed E-state index contributed by atoms with van der Waals surface area (Å²) in [6.07, 6.45) is 3.66. The van der Waals surface area contributed by atoms with Crippen LogP contribution in [-0.4, -0.2) is 18.5 Å². The Hall–Kier alpha value is -3.28. The van der Waals surface area contributed by atoms with Gasteiger partial charge in [0.15, 0.2) is 6.61 Å². The minimum Gasteiger partial charge on any atom is -0.489 e. The molecule has 1 amide bonds. The van der Waals surface area contributed by atoms with Crippen LogP contribution in [0.25, 0.3) is 6.08 Å². The summed E-state index contributed by atoms with van der Waals surface area (Å²) in [5.41, 5.74) is 3.22. The lowest BCUT2D eigenvalue weighted by Gasteiger charge is -2.09. The van der Waals surface area contributed by atoms with Gasteiger partial charge in [0, 0.05) is 27.4 Å². The summed E-state index contributed by atoms with van der Waals surface area (Å²) >= 11 is 12.3. The molecule has 3 rings (SSSR count). The van der Waals surface area contributed by atoms with Crippen molar-refractivity contribution in [3.8, 4) is 5.75 Å². The molecule has 170 valence electrons. The highest BCUT2D eigenvalue weighted by Gasteiger charge is 2.08. The maximum Gasteiger partial charge on any atom is 0.331 e.